The number of nitrogens with zero attached hydrogens (tertiary/aromatic N) is 1. The zero-order valence-corrected chi connectivity index (χ0v) is 11.3. The van der Waals surface area contributed by atoms with Crippen molar-refractivity contribution in [2.75, 3.05) is 13.2 Å². The van der Waals surface area contributed by atoms with Crippen molar-refractivity contribution >= 4 is 10.0 Å². The normalized spacial score (nSPS) is 28.2. The maximum Gasteiger partial charge on any atom is 0.243 e. The summed E-state index contributed by atoms with van der Waals surface area (Å²) in [6.07, 6.45) is 2.81. The van der Waals surface area contributed by atoms with Crippen LogP contribution in [0.1, 0.15) is 19.3 Å². The molecule has 1 saturated heterocycles. The second-order valence-corrected chi connectivity index (χ2v) is 6.91. The SMILES string of the molecule is O=S(=O)(c1cccc(O)c1)N1CCOC2CCCC21. The highest BCUT2D eigenvalue weighted by molar-refractivity contribution is 7.89. The van der Waals surface area contributed by atoms with Gasteiger partial charge in [-0.3, -0.25) is 0 Å². The molecule has 1 aliphatic carbocycles. The Kier molecular flexibility index (Phi) is 3.24. The molecule has 1 heterocycles. The Morgan fingerprint density at radius 1 is 1.32 bits per heavy atom. The van der Waals surface area contributed by atoms with E-state index in [9.17, 15) is 13.5 Å². The first-order valence-electron chi connectivity index (χ1n) is 6.51. The van der Waals surface area contributed by atoms with Crippen molar-refractivity contribution in [3.63, 3.8) is 0 Å². The van der Waals surface area contributed by atoms with Crippen LogP contribution in [0.2, 0.25) is 0 Å². The fourth-order valence-corrected chi connectivity index (χ4v) is 4.67. The van der Waals surface area contributed by atoms with E-state index in [-0.39, 0.29) is 22.8 Å². The summed E-state index contributed by atoms with van der Waals surface area (Å²) < 4.78 is 32.5. The average molecular weight is 283 g/mol. The fourth-order valence-electron chi connectivity index (χ4n) is 2.97. The molecule has 0 radical (unpaired) electrons. The Hall–Kier alpha value is -1.11. The van der Waals surface area contributed by atoms with Crippen molar-refractivity contribution in [3.05, 3.63) is 24.3 Å². The number of morpholine rings is 1. The summed E-state index contributed by atoms with van der Waals surface area (Å²) in [5.74, 6) is -0.0303. The van der Waals surface area contributed by atoms with Gasteiger partial charge in [0, 0.05) is 6.54 Å². The molecule has 1 N–H and O–H groups in total. The molecule has 0 spiro atoms. The van der Waals surface area contributed by atoms with Crippen LogP contribution < -0.4 is 0 Å². The van der Waals surface area contributed by atoms with Gasteiger partial charge in [0.2, 0.25) is 10.0 Å². The van der Waals surface area contributed by atoms with Crippen LogP contribution in [-0.2, 0) is 14.8 Å². The van der Waals surface area contributed by atoms with Crippen LogP contribution in [0.5, 0.6) is 5.75 Å². The lowest BCUT2D eigenvalue weighted by atomic mass is 10.2. The molecule has 5 nitrogen and oxygen atoms in total. The Morgan fingerprint density at radius 3 is 2.95 bits per heavy atom. The number of aromatic hydroxyl groups is 1. The maximum atomic E-state index is 12.6. The minimum absolute atomic E-state index is 0.0286. The molecular weight excluding hydrogens is 266 g/mol. The van der Waals surface area contributed by atoms with Gasteiger partial charge in [0.15, 0.2) is 0 Å². The molecule has 2 unspecified atom stereocenters. The molecule has 3 rings (SSSR count). The first-order chi connectivity index (χ1) is 9.09. The van der Waals surface area contributed by atoms with Crippen LogP contribution in [-0.4, -0.2) is 43.1 Å². The van der Waals surface area contributed by atoms with E-state index in [1.165, 1.54) is 18.2 Å². The minimum atomic E-state index is -3.55. The van der Waals surface area contributed by atoms with Crippen LogP contribution in [0.4, 0.5) is 0 Å². The summed E-state index contributed by atoms with van der Waals surface area (Å²) in [6, 6.07) is 5.79. The highest BCUT2D eigenvalue weighted by Gasteiger charge is 2.42. The van der Waals surface area contributed by atoms with Crippen molar-refractivity contribution < 1.29 is 18.3 Å². The molecule has 2 fully saturated rings. The molecule has 0 bridgehead atoms. The third kappa shape index (κ3) is 2.24. The Bertz CT molecular complexity index is 572. The predicted octanol–water partition coefficient (Wildman–Crippen LogP) is 1.33. The number of sulfonamides is 1. The molecule has 6 heteroatoms. The van der Waals surface area contributed by atoms with Gasteiger partial charge in [0.25, 0.3) is 0 Å². The highest BCUT2D eigenvalue weighted by atomic mass is 32.2. The Balaban J connectivity index is 1.95. The highest BCUT2D eigenvalue weighted by Crippen LogP contribution is 2.33. The summed E-state index contributed by atoms with van der Waals surface area (Å²) >= 11 is 0. The lowest BCUT2D eigenvalue weighted by molar-refractivity contribution is -0.0241. The zero-order valence-electron chi connectivity index (χ0n) is 10.5. The van der Waals surface area contributed by atoms with Crippen LogP contribution >= 0.6 is 0 Å². The summed E-state index contributed by atoms with van der Waals surface area (Å²) in [6.45, 7) is 0.832. The summed E-state index contributed by atoms with van der Waals surface area (Å²) in [4.78, 5) is 0.153. The topological polar surface area (TPSA) is 66.8 Å². The van der Waals surface area contributed by atoms with E-state index in [1.807, 2.05) is 0 Å². The molecule has 1 saturated carbocycles. The van der Waals surface area contributed by atoms with Crippen LogP contribution in [0, 0.1) is 0 Å². The van der Waals surface area contributed by atoms with E-state index in [2.05, 4.69) is 0 Å². The van der Waals surface area contributed by atoms with E-state index in [1.54, 1.807) is 10.4 Å². The molecule has 0 amide bonds. The molecule has 19 heavy (non-hydrogen) atoms. The third-order valence-electron chi connectivity index (χ3n) is 3.86. The number of phenols is 1. The van der Waals surface area contributed by atoms with Crippen molar-refractivity contribution in [2.24, 2.45) is 0 Å². The number of hydrogen-bond donors (Lipinski definition) is 1. The molecule has 1 aromatic rings. The van der Waals surface area contributed by atoms with E-state index in [0.29, 0.717) is 13.2 Å². The molecule has 1 aliphatic heterocycles. The number of phenolic OH excluding ortho intramolecular Hbond substituents is 1. The first kappa shape index (κ1) is 12.9. The van der Waals surface area contributed by atoms with Gasteiger partial charge >= 0.3 is 0 Å². The maximum absolute atomic E-state index is 12.6. The number of benzene rings is 1. The van der Waals surface area contributed by atoms with E-state index in [0.717, 1.165) is 19.3 Å². The molecule has 0 aromatic heterocycles. The van der Waals surface area contributed by atoms with Gasteiger partial charge in [-0.2, -0.15) is 4.31 Å². The Labute approximate surface area is 112 Å². The molecule has 2 atom stereocenters. The van der Waals surface area contributed by atoms with Gasteiger partial charge in [0.1, 0.15) is 5.75 Å². The first-order valence-corrected chi connectivity index (χ1v) is 7.95. The van der Waals surface area contributed by atoms with Gasteiger partial charge in [-0.15, -0.1) is 0 Å². The quantitative estimate of drug-likeness (QED) is 0.889. The van der Waals surface area contributed by atoms with Crippen molar-refractivity contribution in [1.82, 2.24) is 4.31 Å². The predicted molar refractivity (Wildman–Crippen MR) is 69.4 cm³/mol. The summed E-state index contributed by atoms with van der Waals surface area (Å²) in [5, 5.41) is 9.45. The third-order valence-corrected chi connectivity index (χ3v) is 5.78. The largest absolute Gasteiger partial charge is 0.508 e. The van der Waals surface area contributed by atoms with Gasteiger partial charge in [0.05, 0.1) is 23.6 Å². The second-order valence-electron chi connectivity index (χ2n) is 5.02. The standard InChI is InChI=1S/C13H17NO4S/c15-10-3-1-4-11(9-10)19(16,17)14-7-8-18-13-6-2-5-12(13)14/h1,3-4,9,12-13,15H,2,5-8H2. The molecule has 1 aromatic carbocycles. The van der Waals surface area contributed by atoms with E-state index in [4.69, 9.17) is 4.74 Å². The lowest BCUT2D eigenvalue weighted by Gasteiger charge is -2.36. The van der Waals surface area contributed by atoms with E-state index >= 15 is 0 Å². The average Bonchev–Trinajstić information content (AvgIpc) is 2.86. The van der Waals surface area contributed by atoms with E-state index < -0.39 is 10.0 Å². The molecular formula is C13H17NO4S. The lowest BCUT2D eigenvalue weighted by Crippen LogP contribution is -2.51. The summed E-state index contributed by atoms with van der Waals surface area (Å²) in [7, 11) is -3.55. The number of rotatable bonds is 2. The second kappa shape index (κ2) is 4.77. The van der Waals surface area contributed by atoms with Gasteiger partial charge in [-0.05, 0) is 37.5 Å². The number of fused-ring (bicyclic) bond motifs is 1. The van der Waals surface area contributed by atoms with Crippen molar-refractivity contribution in [3.8, 4) is 5.75 Å². The van der Waals surface area contributed by atoms with Gasteiger partial charge in [-0.25, -0.2) is 8.42 Å². The fraction of sp³-hybridized carbons (Fsp3) is 0.538. The number of hydrogen-bond acceptors (Lipinski definition) is 4. The summed E-state index contributed by atoms with van der Waals surface area (Å²) in [5.41, 5.74) is 0. The smallest absolute Gasteiger partial charge is 0.243 e. The van der Waals surface area contributed by atoms with Gasteiger partial charge in [-0.1, -0.05) is 6.07 Å². The van der Waals surface area contributed by atoms with Crippen LogP contribution in [0.25, 0.3) is 0 Å². The van der Waals surface area contributed by atoms with Gasteiger partial charge < -0.3 is 9.84 Å². The zero-order chi connectivity index (χ0) is 13.5. The molecule has 2 aliphatic rings. The number of ether oxygens (including phenoxy) is 1. The monoisotopic (exact) mass is 283 g/mol. The van der Waals surface area contributed by atoms with Crippen molar-refractivity contribution in [2.45, 2.75) is 36.3 Å². The van der Waals surface area contributed by atoms with Crippen LogP contribution in [0.3, 0.4) is 0 Å². The van der Waals surface area contributed by atoms with Crippen LogP contribution in [0.15, 0.2) is 29.2 Å². The van der Waals surface area contributed by atoms with Crippen molar-refractivity contribution in [1.29, 1.82) is 0 Å². The Morgan fingerprint density at radius 2 is 2.16 bits per heavy atom. The minimum Gasteiger partial charge on any atom is -0.508 e. The molecule has 104 valence electrons.